The maximum atomic E-state index is 5.31. The number of para-hydroxylation sites is 3. The van der Waals surface area contributed by atoms with Gasteiger partial charge in [0.05, 0.1) is 27.8 Å². The second-order valence-electron chi connectivity index (χ2n) is 12.5. The van der Waals surface area contributed by atoms with Gasteiger partial charge in [-0.3, -0.25) is 4.99 Å². The molecule has 0 radical (unpaired) electrons. The minimum absolute atomic E-state index is 0.166. The summed E-state index contributed by atoms with van der Waals surface area (Å²) in [5.74, 6) is 0. The van der Waals surface area contributed by atoms with Crippen molar-refractivity contribution in [2.24, 2.45) is 4.99 Å². The Bertz CT molecular complexity index is 2680. The number of nitrogens with zero attached hydrogens (tertiary/aromatic N) is 3. The van der Waals surface area contributed by atoms with E-state index in [-0.39, 0.29) is 6.17 Å². The third-order valence-electron chi connectivity index (χ3n) is 9.71. The van der Waals surface area contributed by atoms with Crippen LogP contribution in [0.1, 0.15) is 22.9 Å². The summed E-state index contributed by atoms with van der Waals surface area (Å²) in [5, 5.41) is 8.72. The van der Waals surface area contributed by atoms with Gasteiger partial charge < -0.3 is 14.5 Å². The van der Waals surface area contributed by atoms with Crippen LogP contribution < -0.4 is 5.32 Å². The molecule has 0 amide bonds. The van der Waals surface area contributed by atoms with Crippen LogP contribution in [0.5, 0.6) is 0 Å². The van der Waals surface area contributed by atoms with E-state index in [0.29, 0.717) is 0 Å². The van der Waals surface area contributed by atoms with Gasteiger partial charge in [-0.2, -0.15) is 0 Å². The summed E-state index contributed by atoms with van der Waals surface area (Å²) in [5.41, 5.74) is 12.4. The predicted molar refractivity (Wildman–Crippen MR) is 200 cm³/mol. The molecule has 0 aliphatic carbocycles. The van der Waals surface area contributed by atoms with Crippen LogP contribution in [0.2, 0.25) is 0 Å². The van der Waals surface area contributed by atoms with Crippen LogP contribution in [0.25, 0.3) is 55.0 Å². The Morgan fingerprint density at radius 3 is 1.67 bits per heavy atom. The quantitative estimate of drug-likeness (QED) is 0.210. The second kappa shape index (κ2) is 10.6. The number of hydrogen-bond donors (Lipinski definition) is 1. The predicted octanol–water partition coefficient (Wildman–Crippen LogP) is 10.8. The van der Waals surface area contributed by atoms with Gasteiger partial charge in [-0.1, -0.05) is 115 Å². The van der Waals surface area contributed by atoms with E-state index in [1.165, 1.54) is 43.6 Å². The number of aliphatic imine (C=N–C) groups is 1. The number of fused-ring (bicyclic) bond motifs is 7. The first-order valence-corrected chi connectivity index (χ1v) is 16.4. The van der Waals surface area contributed by atoms with E-state index in [1.807, 2.05) is 6.07 Å². The molecule has 1 aliphatic rings. The van der Waals surface area contributed by atoms with E-state index in [9.17, 15) is 0 Å². The molecule has 3 heterocycles. The van der Waals surface area contributed by atoms with Crippen LogP contribution in [0.4, 0.5) is 5.69 Å². The standard InChI is InChI=1S/C44H30N4/c1-4-14-29(15-5-1)43-37-26-32(24-25-38(37)45-44(46-43)30-16-6-2-7-17-30)48-40-23-13-11-21-34(40)36-27-35-33-20-10-12-22-39(33)47(41(35)28-42(36)48)31-18-8-3-9-19-31/h1-28,44-45H. The van der Waals surface area contributed by atoms with Crippen molar-refractivity contribution in [1.82, 2.24) is 9.13 Å². The van der Waals surface area contributed by atoms with E-state index in [2.05, 4.69) is 178 Å². The zero-order valence-corrected chi connectivity index (χ0v) is 26.1. The smallest absolute Gasteiger partial charge is 0.145 e. The highest BCUT2D eigenvalue weighted by Crippen LogP contribution is 2.41. The van der Waals surface area contributed by atoms with Crippen LogP contribution >= 0.6 is 0 Å². The number of anilines is 1. The molecular weight excluding hydrogens is 585 g/mol. The zero-order valence-electron chi connectivity index (χ0n) is 26.1. The van der Waals surface area contributed by atoms with Gasteiger partial charge in [0.25, 0.3) is 0 Å². The molecule has 4 nitrogen and oxygen atoms in total. The molecule has 10 rings (SSSR count). The van der Waals surface area contributed by atoms with Crippen molar-refractivity contribution in [3.8, 4) is 11.4 Å². The molecule has 1 atom stereocenters. The molecule has 226 valence electrons. The molecule has 2 aromatic heterocycles. The van der Waals surface area contributed by atoms with E-state index >= 15 is 0 Å². The minimum atomic E-state index is -0.166. The number of hydrogen-bond acceptors (Lipinski definition) is 2. The Kier molecular flexibility index (Phi) is 5.90. The van der Waals surface area contributed by atoms with Gasteiger partial charge in [0.1, 0.15) is 6.17 Å². The second-order valence-corrected chi connectivity index (χ2v) is 12.5. The Balaban J connectivity index is 1.24. The van der Waals surface area contributed by atoms with Crippen molar-refractivity contribution in [2.45, 2.75) is 6.17 Å². The first-order chi connectivity index (χ1) is 23.8. The van der Waals surface area contributed by atoms with Gasteiger partial charge in [0.15, 0.2) is 0 Å². The third-order valence-corrected chi connectivity index (χ3v) is 9.71. The SMILES string of the molecule is c1ccc(C2=NC(c3ccccc3)Nc3ccc(-n4c5ccccc5c5cc6c7ccccc7n(-c7ccccc7)c6cc54)cc32)cc1. The highest BCUT2D eigenvalue weighted by atomic mass is 15.1. The van der Waals surface area contributed by atoms with Crippen molar-refractivity contribution in [3.63, 3.8) is 0 Å². The topological polar surface area (TPSA) is 34.2 Å². The lowest BCUT2D eigenvalue weighted by molar-refractivity contribution is 0.828. The molecular formula is C44H30N4. The fourth-order valence-electron chi connectivity index (χ4n) is 7.55. The summed E-state index contributed by atoms with van der Waals surface area (Å²) in [7, 11) is 0. The number of rotatable bonds is 4. The van der Waals surface area contributed by atoms with Crippen LogP contribution in [0.3, 0.4) is 0 Å². The summed E-state index contributed by atoms with van der Waals surface area (Å²) < 4.78 is 4.82. The van der Waals surface area contributed by atoms with Gasteiger partial charge in [-0.25, -0.2) is 0 Å². The highest BCUT2D eigenvalue weighted by molar-refractivity contribution is 6.20. The first-order valence-electron chi connectivity index (χ1n) is 16.4. The molecule has 0 spiro atoms. The summed E-state index contributed by atoms with van der Waals surface area (Å²) in [4.78, 5) is 5.31. The zero-order chi connectivity index (χ0) is 31.6. The van der Waals surface area contributed by atoms with Crippen LogP contribution in [-0.4, -0.2) is 14.8 Å². The number of nitrogens with one attached hydrogen (secondary N) is 1. The molecule has 1 aliphatic heterocycles. The lowest BCUT2D eigenvalue weighted by atomic mass is 9.97. The highest BCUT2D eigenvalue weighted by Gasteiger charge is 2.24. The van der Waals surface area contributed by atoms with Crippen molar-refractivity contribution < 1.29 is 0 Å². The van der Waals surface area contributed by atoms with Crippen molar-refractivity contribution in [1.29, 1.82) is 0 Å². The van der Waals surface area contributed by atoms with Crippen LogP contribution in [0, 0.1) is 0 Å². The Morgan fingerprint density at radius 1 is 0.438 bits per heavy atom. The monoisotopic (exact) mass is 614 g/mol. The Hall–Kier alpha value is -6.39. The number of aromatic nitrogens is 2. The molecule has 0 fully saturated rings. The average molecular weight is 615 g/mol. The minimum Gasteiger partial charge on any atom is -0.360 e. The maximum absolute atomic E-state index is 5.31. The van der Waals surface area contributed by atoms with Crippen molar-refractivity contribution in [3.05, 3.63) is 187 Å². The third kappa shape index (κ3) is 4.06. The normalized spacial score (nSPS) is 14.3. The Morgan fingerprint density at radius 2 is 1.00 bits per heavy atom. The summed E-state index contributed by atoms with van der Waals surface area (Å²) in [6.07, 6.45) is -0.166. The van der Waals surface area contributed by atoms with E-state index in [0.717, 1.165) is 39.5 Å². The van der Waals surface area contributed by atoms with E-state index in [4.69, 9.17) is 4.99 Å². The molecule has 1 unspecified atom stereocenters. The summed E-state index contributed by atoms with van der Waals surface area (Å²) in [6.45, 7) is 0. The maximum Gasteiger partial charge on any atom is 0.145 e. The molecule has 7 aromatic carbocycles. The van der Waals surface area contributed by atoms with E-state index < -0.39 is 0 Å². The Labute approximate surface area is 277 Å². The molecule has 0 saturated carbocycles. The largest absolute Gasteiger partial charge is 0.360 e. The lowest BCUT2D eigenvalue weighted by Gasteiger charge is -2.27. The van der Waals surface area contributed by atoms with Gasteiger partial charge >= 0.3 is 0 Å². The molecule has 48 heavy (non-hydrogen) atoms. The number of benzene rings is 7. The van der Waals surface area contributed by atoms with Crippen molar-refractivity contribution >= 4 is 55.0 Å². The van der Waals surface area contributed by atoms with Crippen LogP contribution in [0.15, 0.2) is 175 Å². The molecule has 4 heteroatoms. The molecule has 0 bridgehead atoms. The van der Waals surface area contributed by atoms with Gasteiger partial charge in [-0.15, -0.1) is 0 Å². The van der Waals surface area contributed by atoms with Crippen molar-refractivity contribution in [2.75, 3.05) is 5.32 Å². The van der Waals surface area contributed by atoms with Gasteiger partial charge in [0, 0.05) is 49.7 Å². The fraction of sp³-hybridized carbons (Fsp3) is 0.0227. The van der Waals surface area contributed by atoms with E-state index in [1.54, 1.807) is 0 Å². The summed E-state index contributed by atoms with van der Waals surface area (Å²) >= 11 is 0. The van der Waals surface area contributed by atoms with Gasteiger partial charge in [0.2, 0.25) is 0 Å². The summed E-state index contributed by atoms with van der Waals surface area (Å²) in [6, 6.07) is 60.7. The fourth-order valence-corrected chi connectivity index (χ4v) is 7.55. The first kappa shape index (κ1) is 26.8. The van der Waals surface area contributed by atoms with Gasteiger partial charge in [-0.05, 0) is 60.2 Å². The lowest BCUT2D eigenvalue weighted by Crippen LogP contribution is -2.21. The average Bonchev–Trinajstić information content (AvgIpc) is 3.66. The molecule has 1 N–H and O–H groups in total. The molecule has 9 aromatic rings. The molecule has 0 saturated heterocycles. The van der Waals surface area contributed by atoms with Crippen LogP contribution in [-0.2, 0) is 0 Å².